The monoisotopic (exact) mass is 253 g/mol. The maximum atomic E-state index is 5.56. The van der Waals surface area contributed by atoms with E-state index in [1.807, 2.05) is 0 Å². The van der Waals surface area contributed by atoms with Gasteiger partial charge in [-0.3, -0.25) is 4.90 Å². The molecule has 4 heteroatoms. The SMILES string of the molecule is CC1CN2CCCCC2CN1C(=S)NC1CC1. The van der Waals surface area contributed by atoms with Gasteiger partial charge in [-0.25, -0.2) is 0 Å². The Morgan fingerprint density at radius 2 is 2.00 bits per heavy atom. The van der Waals surface area contributed by atoms with E-state index < -0.39 is 0 Å². The second-order valence-corrected chi connectivity index (χ2v) is 6.26. The third-order valence-corrected chi connectivity index (χ3v) is 4.71. The average Bonchev–Trinajstić information content (AvgIpc) is 3.12. The van der Waals surface area contributed by atoms with Gasteiger partial charge in [-0.15, -0.1) is 0 Å². The zero-order chi connectivity index (χ0) is 11.8. The molecule has 0 aromatic heterocycles. The molecule has 3 aliphatic rings. The first-order valence-electron chi connectivity index (χ1n) is 7.05. The number of nitrogens with zero attached hydrogens (tertiary/aromatic N) is 2. The number of thiocarbonyl (C=S) groups is 1. The van der Waals surface area contributed by atoms with Gasteiger partial charge in [0.15, 0.2) is 5.11 Å². The summed E-state index contributed by atoms with van der Waals surface area (Å²) in [7, 11) is 0. The second-order valence-electron chi connectivity index (χ2n) is 5.87. The van der Waals surface area contributed by atoms with E-state index in [4.69, 9.17) is 12.2 Å². The van der Waals surface area contributed by atoms with Crippen LogP contribution in [0.4, 0.5) is 0 Å². The summed E-state index contributed by atoms with van der Waals surface area (Å²) in [6.45, 7) is 5.94. The van der Waals surface area contributed by atoms with E-state index in [0.29, 0.717) is 12.1 Å². The van der Waals surface area contributed by atoms with Crippen LogP contribution >= 0.6 is 12.2 Å². The highest BCUT2D eigenvalue weighted by Crippen LogP contribution is 2.25. The van der Waals surface area contributed by atoms with Crippen molar-refractivity contribution in [3.8, 4) is 0 Å². The number of nitrogens with one attached hydrogen (secondary N) is 1. The minimum absolute atomic E-state index is 0.572. The van der Waals surface area contributed by atoms with Gasteiger partial charge in [-0.05, 0) is 51.4 Å². The van der Waals surface area contributed by atoms with Crippen molar-refractivity contribution < 1.29 is 0 Å². The van der Waals surface area contributed by atoms with E-state index in [1.54, 1.807) is 0 Å². The molecular weight excluding hydrogens is 230 g/mol. The Labute approximate surface area is 110 Å². The van der Waals surface area contributed by atoms with E-state index in [-0.39, 0.29) is 0 Å². The summed E-state index contributed by atoms with van der Waals surface area (Å²) in [6.07, 6.45) is 6.74. The highest BCUT2D eigenvalue weighted by Gasteiger charge is 2.35. The van der Waals surface area contributed by atoms with Crippen molar-refractivity contribution in [2.24, 2.45) is 0 Å². The van der Waals surface area contributed by atoms with Crippen molar-refractivity contribution in [2.75, 3.05) is 19.6 Å². The van der Waals surface area contributed by atoms with Gasteiger partial charge in [0.2, 0.25) is 0 Å². The van der Waals surface area contributed by atoms with Gasteiger partial charge in [0, 0.05) is 31.2 Å². The minimum Gasteiger partial charge on any atom is -0.360 e. The van der Waals surface area contributed by atoms with Gasteiger partial charge < -0.3 is 10.2 Å². The van der Waals surface area contributed by atoms with Gasteiger partial charge in [0.1, 0.15) is 0 Å². The highest BCUT2D eigenvalue weighted by atomic mass is 32.1. The van der Waals surface area contributed by atoms with Crippen molar-refractivity contribution in [1.29, 1.82) is 0 Å². The summed E-state index contributed by atoms with van der Waals surface area (Å²) < 4.78 is 0. The van der Waals surface area contributed by atoms with Crippen LogP contribution < -0.4 is 5.32 Å². The topological polar surface area (TPSA) is 18.5 Å². The number of hydrogen-bond acceptors (Lipinski definition) is 2. The molecule has 17 heavy (non-hydrogen) atoms. The summed E-state index contributed by atoms with van der Waals surface area (Å²) >= 11 is 5.56. The molecule has 96 valence electrons. The van der Waals surface area contributed by atoms with E-state index >= 15 is 0 Å². The fourth-order valence-corrected chi connectivity index (χ4v) is 3.54. The second kappa shape index (κ2) is 4.73. The molecule has 3 nitrogen and oxygen atoms in total. The zero-order valence-corrected chi connectivity index (χ0v) is 11.5. The van der Waals surface area contributed by atoms with E-state index in [0.717, 1.165) is 17.7 Å². The number of rotatable bonds is 1. The molecule has 1 saturated carbocycles. The van der Waals surface area contributed by atoms with Crippen molar-refractivity contribution in [3.63, 3.8) is 0 Å². The first-order chi connectivity index (χ1) is 8.24. The summed E-state index contributed by atoms with van der Waals surface area (Å²) in [5, 5.41) is 4.49. The molecular formula is C13H23N3S. The Hall–Kier alpha value is -0.350. The third-order valence-electron chi connectivity index (χ3n) is 4.35. The zero-order valence-electron chi connectivity index (χ0n) is 10.7. The van der Waals surface area contributed by atoms with Crippen LogP contribution in [0.15, 0.2) is 0 Å². The van der Waals surface area contributed by atoms with Crippen LogP contribution in [0.25, 0.3) is 0 Å². The minimum atomic E-state index is 0.572. The molecule has 3 rings (SSSR count). The van der Waals surface area contributed by atoms with Crippen LogP contribution in [0.5, 0.6) is 0 Å². The molecule has 2 heterocycles. The molecule has 3 fully saturated rings. The predicted molar refractivity (Wildman–Crippen MR) is 74.1 cm³/mol. The maximum Gasteiger partial charge on any atom is 0.169 e. The first-order valence-corrected chi connectivity index (χ1v) is 7.46. The van der Waals surface area contributed by atoms with Gasteiger partial charge >= 0.3 is 0 Å². The average molecular weight is 253 g/mol. The largest absolute Gasteiger partial charge is 0.360 e. The molecule has 0 aromatic rings. The number of fused-ring (bicyclic) bond motifs is 1. The normalized spacial score (nSPS) is 34.3. The molecule has 2 saturated heterocycles. The van der Waals surface area contributed by atoms with Crippen LogP contribution in [0.3, 0.4) is 0 Å². The molecule has 2 unspecified atom stereocenters. The van der Waals surface area contributed by atoms with Crippen molar-refractivity contribution in [3.05, 3.63) is 0 Å². The lowest BCUT2D eigenvalue weighted by Crippen LogP contribution is -2.61. The molecule has 0 spiro atoms. The van der Waals surface area contributed by atoms with Crippen LogP contribution in [0.1, 0.15) is 39.0 Å². The summed E-state index contributed by atoms with van der Waals surface area (Å²) in [4.78, 5) is 5.10. The highest BCUT2D eigenvalue weighted by molar-refractivity contribution is 7.80. The number of piperazine rings is 1. The molecule has 2 atom stereocenters. The van der Waals surface area contributed by atoms with Crippen LogP contribution in [-0.4, -0.2) is 52.7 Å². The Bertz CT molecular complexity index is 303. The smallest absolute Gasteiger partial charge is 0.169 e. The molecule has 0 amide bonds. The van der Waals surface area contributed by atoms with Crippen molar-refractivity contribution in [2.45, 2.75) is 57.2 Å². The van der Waals surface area contributed by atoms with Crippen molar-refractivity contribution >= 4 is 17.3 Å². The maximum absolute atomic E-state index is 5.56. The van der Waals surface area contributed by atoms with E-state index in [2.05, 4.69) is 22.0 Å². The molecule has 0 radical (unpaired) electrons. The van der Waals surface area contributed by atoms with E-state index in [1.165, 1.54) is 45.2 Å². The van der Waals surface area contributed by atoms with Gasteiger partial charge in [-0.1, -0.05) is 6.42 Å². The van der Waals surface area contributed by atoms with Gasteiger partial charge in [0.05, 0.1) is 0 Å². The first kappa shape index (κ1) is 11.7. The third kappa shape index (κ3) is 2.58. The van der Waals surface area contributed by atoms with Crippen LogP contribution in [0.2, 0.25) is 0 Å². The molecule has 0 bridgehead atoms. The summed E-state index contributed by atoms with van der Waals surface area (Å²) in [5.41, 5.74) is 0. The lowest BCUT2D eigenvalue weighted by atomic mass is 9.97. The van der Waals surface area contributed by atoms with Crippen LogP contribution in [-0.2, 0) is 0 Å². The molecule has 0 aromatic carbocycles. The molecule has 2 aliphatic heterocycles. The number of piperidine rings is 1. The lowest BCUT2D eigenvalue weighted by Gasteiger charge is -2.48. The lowest BCUT2D eigenvalue weighted by molar-refractivity contribution is 0.0499. The Morgan fingerprint density at radius 3 is 2.76 bits per heavy atom. The quantitative estimate of drug-likeness (QED) is 0.715. The van der Waals surface area contributed by atoms with E-state index in [9.17, 15) is 0 Å². The Morgan fingerprint density at radius 1 is 1.18 bits per heavy atom. The fraction of sp³-hybridized carbons (Fsp3) is 0.923. The van der Waals surface area contributed by atoms with Crippen LogP contribution in [0, 0.1) is 0 Å². The molecule has 1 N–H and O–H groups in total. The molecule has 1 aliphatic carbocycles. The van der Waals surface area contributed by atoms with Gasteiger partial charge in [-0.2, -0.15) is 0 Å². The Kier molecular flexibility index (Phi) is 3.26. The van der Waals surface area contributed by atoms with Gasteiger partial charge in [0.25, 0.3) is 0 Å². The standard InChI is InChI=1S/C13H23N3S/c1-10-8-15-7-3-2-4-12(15)9-16(10)13(17)14-11-5-6-11/h10-12H,2-9H2,1H3,(H,14,17). The fourth-order valence-electron chi connectivity index (χ4n) is 3.12. The predicted octanol–water partition coefficient (Wildman–Crippen LogP) is 1.58. The summed E-state index contributed by atoms with van der Waals surface area (Å²) in [6, 6.07) is 2.00. The summed E-state index contributed by atoms with van der Waals surface area (Å²) in [5.74, 6) is 0. The number of hydrogen-bond donors (Lipinski definition) is 1. The van der Waals surface area contributed by atoms with Crippen molar-refractivity contribution in [1.82, 2.24) is 15.1 Å². The Balaban J connectivity index is 1.61.